The van der Waals surface area contributed by atoms with Crippen LogP contribution in [0.3, 0.4) is 0 Å². The van der Waals surface area contributed by atoms with E-state index in [2.05, 4.69) is 10.4 Å². The number of carbonyl (C=O) groups is 1. The van der Waals surface area contributed by atoms with Crippen molar-refractivity contribution in [2.45, 2.75) is 20.6 Å². The number of nitrogens with one attached hydrogen (secondary N) is 1. The molecule has 0 aliphatic carbocycles. The van der Waals surface area contributed by atoms with Gasteiger partial charge in [-0.2, -0.15) is 5.10 Å². The number of benzene rings is 2. The summed E-state index contributed by atoms with van der Waals surface area (Å²) in [5.41, 5.74) is 3.00. The van der Waals surface area contributed by atoms with Gasteiger partial charge in [0.2, 0.25) is 0 Å². The summed E-state index contributed by atoms with van der Waals surface area (Å²) in [6, 6.07) is 13.9. The van der Waals surface area contributed by atoms with Gasteiger partial charge in [0.25, 0.3) is 5.91 Å². The van der Waals surface area contributed by atoms with E-state index in [-0.39, 0.29) is 24.1 Å². The van der Waals surface area contributed by atoms with Crippen molar-refractivity contribution in [2.24, 2.45) is 0 Å². The summed E-state index contributed by atoms with van der Waals surface area (Å²) in [6.07, 6.45) is 1.68. The molecule has 0 saturated heterocycles. The normalized spacial score (nSPS) is 10.5. The highest BCUT2D eigenvalue weighted by Crippen LogP contribution is 2.19. The zero-order valence-corrected chi connectivity index (χ0v) is 14.1. The average Bonchev–Trinajstić information content (AvgIpc) is 3.03. The molecule has 0 aliphatic heterocycles. The highest BCUT2D eigenvalue weighted by molar-refractivity contribution is 6.02. The molecule has 1 amide bonds. The molecular formula is C19H19N3O3. The maximum atomic E-state index is 12.2. The standard InChI is InChI=1S/C19H19N3O3/c1-13-6-7-18(14(2)10-13)25-12-22-9-8-17(21-22)19(24)20-15-4-3-5-16(23)11-15/h3-11,23H,12H2,1-2H3,(H,20,24). The van der Waals surface area contributed by atoms with E-state index in [9.17, 15) is 9.90 Å². The fraction of sp³-hybridized carbons (Fsp3) is 0.158. The highest BCUT2D eigenvalue weighted by Gasteiger charge is 2.10. The van der Waals surface area contributed by atoms with Crippen molar-refractivity contribution in [3.05, 3.63) is 71.5 Å². The number of aromatic hydroxyl groups is 1. The van der Waals surface area contributed by atoms with Crippen LogP contribution in [-0.2, 0) is 6.73 Å². The van der Waals surface area contributed by atoms with Crippen molar-refractivity contribution in [2.75, 3.05) is 5.32 Å². The van der Waals surface area contributed by atoms with Crippen LogP contribution < -0.4 is 10.1 Å². The Balaban J connectivity index is 1.62. The van der Waals surface area contributed by atoms with Crippen LogP contribution in [0, 0.1) is 13.8 Å². The Hall–Kier alpha value is -3.28. The van der Waals surface area contributed by atoms with E-state index in [0.717, 1.165) is 11.3 Å². The second-order valence-corrected chi connectivity index (χ2v) is 5.79. The molecule has 0 spiro atoms. The second kappa shape index (κ2) is 7.09. The number of phenolic OH excluding ortho intramolecular Hbond substituents is 1. The van der Waals surface area contributed by atoms with Crippen LogP contribution in [0.4, 0.5) is 5.69 Å². The number of phenols is 1. The Morgan fingerprint density at radius 1 is 1.20 bits per heavy atom. The molecule has 0 unspecified atom stereocenters. The molecule has 6 nitrogen and oxygen atoms in total. The lowest BCUT2D eigenvalue weighted by Crippen LogP contribution is -2.14. The number of aryl methyl sites for hydroxylation is 2. The summed E-state index contributed by atoms with van der Waals surface area (Å²) in [4.78, 5) is 12.2. The maximum absolute atomic E-state index is 12.2. The number of anilines is 1. The number of aromatic nitrogens is 2. The predicted octanol–water partition coefficient (Wildman–Crippen LogP) is 3.49. The number of amides is 1. The van der Waals surface area contributed by atoms with Gasteiger partial charge in [0, 0.05) is 18.0 Å². The van der Waals surface area contributed by atoms with E-state index in [1.165, 1.54) is 17.7 Å². The van der Waals surface area contributed by atoms with Crippen molar-refractivity contribution in [3.8, 4) is 11.5 Å². The first-order valence-corrected chi connectivity index (χ1v) is 7.85. The molecule has 0 bridgehead atoms. The largest absolute Gasteiger partial charge is 0.508 e. The number of carbonyl (C=O) groups excluding carboxylic acids is 1. The molecule has 0 fully saturated rings. The van der Waals surface area contributed by atoms with Gasteiger partial charge in [-0.25, -0.2) is 4.68 Å². The molecule has 3 rings (SSSR count). The Morgan fingerprint density at radius 3 is 2.80 bits per heavy atom. The topological polar surface area (TPSA) is 76.4 Å². The van der Waals surface area contributed by atoms with Gasteiger partial charge in [-0.3, -0.25) is 4.79 Å². The fourth-order valence-corrected chi connectivity index (χ4v) is 2.43. The summed E-state index contributed by atoms with van der Waals surface area (Å²) in [5, 5.41) is 16.3. The van der Waals surface area contributed by atoms with E-state index >= 15 is 0 Å². The Kier molecular flexibility index (Phi) is 4.70. The Bertz CT molecular complexity index is 902. The number of hydrogen-bond acceptors (Lipinski definition) is 4. The monoisotopic (exact) mass is 337 g/mol. The summed E-state index contributed by atoms with van der Waals surface area (Å²) in [5.74, 6) is 0.521. The Morgan fingerprint density at radius 2 is 2.04 bits per heavy atom. The molecule has 3 aromatic rings. The summed E-state index contributed by atoms with van der Waals surface area (Å²) in [7, 11) is 0. The summed E-state index contributed by atoms with van der Waals surface area (Å²) < 4.78 is 7.29. The Labute approximate surface area is 145 Å². The fourth-order valence-electron chi connectivity index (χ4n) is 2.43. The van der Waals surface area contributed by atoms with Crippen molar-refractivity contribution >= 4 is 11.6 Å². The predicted molar refractivity (Wildman–Crippen MR) is 94.8 cm³/mol. The van der Waals surface area contributed by atoms with Gasteiger partial charge in [0.05, 0.1) is 0 Å². The first-order valence-electron chi connectivity index (χ1n) is 7.85. The lowest BCUT2D eigenvalue weighted by molar-refractivity contribution is 0.102. The van der Waals surface area contributed by atoms with Gasteiger partial charge >= 0.3 is 0 Å². The quantitative estimate of drug-likeness (QED) is 0.747. The van der Waals surface area contributed by atoms with Gasteiger partial charge in [0.15, 0.2) is 12.4 Å². The van der Waals surface area contributed by atoms with Crippen molar-refractivity contribution in [3.63, 3.8) is 0 Å². The van der Waals surface area contributed by atoms with E-state index in [1.807, 2.05) is 32.0 Å². The SMILES string of the molecule is Cc1ccc(OCn2ccc(C(=O)Nc3cccc(O)c3)n2)c(C)c1. The average molecular weight is 337 g/mol. The number of hydrogen-bond donors (Lipinski definition) is 2. The van der Waals surface area contributed by atoms with Crippen LogP contribution >= 0.6 is 0 Å². The molecule has 25 heavy (non-hydrogen) atoms. The third-order valence-corrected chi connectivity index (χ3v) is 3.66. The van der Waals surface area contributed by atoms with E-state index in [4.69, 9.17) is 4.74 Å². The first kappa shape index (κ1) is 16.6. The van der Waals surface area contributed by atoms with Crippen LogP contribution in [-0.4, -0.2) is 20.8 Å². The molecular weight excluding hydrogens is 318 g/mol. The van der Waals surface area contributed by atoms with Crippen LogP contribution in [0.5, 0.6) is 11.5 Å². The van der Waals surface area contributed by atoms with Gasteiger partial charge in [0.1, 0.15) is 11.5 Å². The smallest absolute Gasteiger partial charge is 0.276 e. The van der Waals surface area contributed by atoms with Crippen LogP contribution in [0.2, 0.25) is 0 Å². The van der Waals surface area contributed by atoms with Crippen LogP contribution in [0.25, 0.3) is 0 Å². The summed E-state index contributed by atoms with van der Waals surface area (Å²) in [6.45, 7) is 4.23. The zero-order valence-electron chi connectivity index (χ0n) is 14.1. The molecule has 2 aromatic carbocycles. The molecule has 1 heterocycles. The van der Waals surface area contributed by atoms with Gasteiger partial charge in [-0.05, 0) is 43.7 Å². The van der Waals surface area contributed by atoms with Crippen molar-refractivity contribution in [1.29, 1.82) is 0 Å². The third kappa shape index (κ3) is 4.17. The van der Waals surface area contributed by atoms with Gasteiger partial charge in [-0.15, -0.1) is 0 Å². The molecule has 128 valence electrons. The van der Waals surface area contributed by atoms with E-state index < -0.39 is 0 Å². The maximum Gasteiger partial charge on any atom is 0.276 e. The summed E-state index contributed by atoms with van der Waals surface area (Å²) >= 11 is 0. The number of nitrogens with zero attached hydrogens (tertiary/aromatic N) is 2. The molecule has 0 aliphatic rings. The van der Waals surface area contributed by atoms with Crippen LogP contribution in [0.1, 0.15) is 21.6 Å². The van der Waals surface area contributed by atoms with E-state index in [0.29, 0.717) is 5.69 Å². The molecule has 6 heteroatoms. The molecule has 0 atom stereocenters. The minimum atomic E-state index is -0.351. The number of rotatable bonds is 5. The van der Waals surface area contributed by atoms with E-state index in [1.54, 1.807) is 29.1 Å². The molecule has 1 aromatic heterocycles. The minimum absolute atomic E-state index is 0.0881. The third-order valence-electron chi connectivity index (χ3n) is 3.66. The lowest BCUT2D eigenvalue weighted by atomic mass is 10.1. The van der Waals surface area contributed by atoms with Gasteiger partial charge < -0.3 is 15.2 Å². The molecule has 0 radical (unpaired) electrons. The molecule has 0 saturated carbocycles. The molecule has 2 N–H and O–H groups in total. The van der Waals surface area contributed by atoms with Gasteiger partial charge in [-0.1, -0.05) is 23.8 Å². The first-order chi connectivity index (χ1) is 12.0. The van der Waals surface area contributed by atoms with Crippen molar-refractivity contribution in [1.82, 2.24) is 9.78 Å². The minimum Gasteiger partial charge on any atom is -0.508 e. The van der Waals surface area contributed by atoms with Crippen LogP contribution in [0.15, 0.2) is 54.7 Å². The number of ether oxygens (including phenoxy) is 1. The highest BCUT2D eigenvalue weighted by atomic mass is 16.5. The zero-order chi connectivity index (χ0) is 17.8. The second-order valence-electron chi connectivity index (χ2n) is 5.79. The lowest BCUT2D eigenvalue weighted by Gasteiger charge is -2.09. The van der Waals surface area contributed by atoms with Crippen molar-refractivity contribution < 1.29 is 14.6 Å².